The lowest BCUT2D eigenvalue weighted by Gasteiger charge is -2.12. The first kappa shape index (κ1) is 15.0. The van der Waals surface area contributed by atoms with Crippen molar-refractivity contribution in [1.82, 2.24) is 5.32 Å². The van der Waals surface area contributed by atoms with E-state index in [0.29, 0.717) is 6.04 Å². The Morgan fingerprint density at radius 1 is 1.24 bits per heavy atom. The molecule has 0 aromatic carbocycles. The molecule has 0 fully saturated rings. The summed E-state index contributed by atoms with van der Waals surface area (Å²) in [5.41, 5.74) is 0. The summed E-state index contributed by atoms with van der Waals surface area (Å²) in [7, 11) is 0. The number of rotatable bonds is 9. The molecular weight excluding hydrogens is 250 g/mol. The van der Waals surface area contributed by atoms with Crippen LogP contribution in [-0.4, -0.2) is 6.04 Å². The van der Waals surface area contributed by atoms with Crippen molar-refractivity contribution >= 4 is 22.9 Å². The molecule has 1 atom stereocenters. The van der Waals surface area contributed by atoms with E-state index >= 15 is 0 Å². The summed E-state index contributed by atoms with van der Waals surface area (Å²) in [5, 5.41) is 3.55. The topological polar surface area (TPSA) is 12.0 Å². The number of nitrogens with one attached hydrogen (secondary N) is 1. The van der Waals surface area contributed by atoms with Gasteiger partial charge in [0, 0.05) is 17.5 Å². The molecular formula is C14H24ClNS. The van der Waals surface area contributed by atoms with Crippen LogP contribution >= 0.6 is 22.9 Å². The van der Waals surface area contributed by atoms with Crippen LogP contribution in [0, 0.1) is 0 Å². The predicted molar refractivity (Wildman–Crippen MR) is 79.0 cm³/mol. The molecule has 0 aliphatic heterocycles. The SMILES string of the molecule is CCCCCCCC(C)NCc1ccc(Cl)s1. The van der Waals surface area contributed by atoms with E-state index in [-0.39, 0.29) is 0 Å². The van der Waals surface area contributed by atoms with Crippen molar-refractivity contribution in [3.05, 3.63) is 21.3 Å². The monoisotopic (exact) mass is 273 g/mol. The molecule has 0 radical (unpaired) electrons. The van der Waals surface area contributed by atoms with Gasteiger partial charge in [-0.3, -0.25) is 0 Å². The third-order valence-corrected chi connectivity index (χ3v) is 4.23. The van der Waals surface area contributed by atoms with Crippen molar-refractivity contribution in [1.29, 1.82) is 0 Å². The fourth-order valence-electron chi connectivity index (χ4n) is 1.88. The highest BCUT2D eigenvalue weighted by Crippen LogP contribution is 2.21. The van der Waals surface area contributed by atoms with Crippen LogP contribution in [0.25, 0.3) is 0 Å². The van der Waals surface area contributed by atoms with E-state index in [1.54, 1.807) is 11.3 Å². The summed E-state index contributed by atoms with van der Waals surface area (Å²) in [4.78, 5) is 1.33. The first-order valence-corrected chi connectivity index (χ1v) is 7.89. The van der Waals surface area contributed by atoms with Gasteiger partial charge in [0.1, 0.15) is 0 Å². The van der Waals surface area contributed by atoms with Gasteiger partial charge in [0.05, 0.1) is 4.34 Å². The zero-order valence-electron chi connectivity index (χ0n) is 11.0. The van der Waals surface area contributed by atoms with Crippen LogP contribution in [0.15, 0.2) is 12.1 Å². The molecule has 0 spiro atoms. The standard InChI is InChI=1S/C14H24ClNS/c1-3-4-5-6-7-8-12(2)16-11-13-9-10-14(15)17-13/h9-10,12,16H,3-8,11H2,1-2H3. The fourth-order valence-corrected chi connectivity index (χ4v) is 2.92. The second-order valence-corrected chi connectivity index (χ2v) is 6.49. The number of thiophene rings is 1. The molecule has 17 heavy (non-hydrogen) atoms. The van der Waals surface area contributed by atoms with Gasteiger partial charge in [-0.25, -0.2) is 0 Å². The summed E-state index contributed by atoms with van der Waals surface area (Å²) in [6.45, 7) is 5.49. The smallest absolute Gasteiger partial charge is 0.0931 e. The van der Waals surface area contributed by atoms with E-state index < -0.39 is 0 Å². The Morgan fingerprint density at radius 2 is 2.00 bits per heavy atom. The minimum absolute atomic E-state index is 0.609. The van der Waals surface area contributed by atoms with Gasteiger partial charge in [0.15, 0.2) is 0 Å². The van der Waals surface area contributed by atoms with Crippen molar-refractivity contribution in [2.45, 2.75) is 65.0 Å². The maximum absolute atomic E-state index is 5.90. The molecule has 1 rings (SSSR count). The van der Waals surface area contributed by atoms with Gasteiger partial charge >= 0.3 is 0 Å². The first-order valence-electron chi connectivity index (χ1n) is 6.70. The average Bonchev–Trinajstić information content (AvgIpc) is 2.72. The van der Waals surface area contributed by atoms with Crippen molar-refractivity contribution < 1.29 is 0 Å². The molecule has 1 N–H and O–H groups in total. The van der Waals surface area contributed by atoms with Gasteiger partial charge in [0.2, 0.25) is 0 Å². The maximum atomic E-state index is 5.90. The van der Waals surface area contributed by atoms with Crippen molar-refractivity contribution in [2.75, 3.05) is 0 Å². The number of hydrogen-bond donors (Lipinski definition) is 1. The van der Waals surface area contributed by atoms with Crippen LogP contribution in [0.3, 0.4) is 0 Å². The number of hydrogen-bond acceptors (Lipinski definition) is 2. The molecule has 1 unspecified atom stereocenters. The predicted octanol–water partition coefficient (Wildman–Crippen LogP) is 5.24. The van der Waals surface area contributed by atoms with Crippen molar-refractivity contribution in [3.63, 3.8) is 0 Å². The second-order valence-electron chi connectivity index (χ2n) is 4.69. The van der Waals surface area contributed by atoms with Crippen LogP contribution < -0.4 is 5.32 Å². The van der Waals surface area contributed by atoms with E-state index in [2.05, 4.69) is 25.2 Å². The van der Waals surface area contributed by atoms with Crippen LogP contribution in [0.2, 0.25) is 4.34 Å². The molecule has 0 saturated heterocycles. The van der Waals surface area contributed by atoms with E-state index in [1.807, 2.05) is 6.07 Å². The Morgan fingerprint density at radius 3 is 2.65 bits per heavy atom. The molecule has 3 heteroatoms. The molecule has 0 amide bonds. The molecule has 1 aromatic heterocycles. The largest absolute Gasteiger partial charge is 0.309 e. The van der Waals surface area contributed by atoms with Gasteiger partial charge < -0.3 is 5.32 Å². The molecule has 1 nitrogen and oxygen atoms in total. The molecule has 0 bridgehead atoms. The van der Waals surface area contributed by atoms with Crippen molar-refractivity contribution in [3.8, 4) is 0 Å². The lowest BCUT2D eigenvalue weighted by Crippen LogP contribution is -2.24. The Labute approximate surface area is 115 Å². The quantitative estimate of drug-likeness (QED) is 0.607. The minimum atomic E-state index is 0.609. The molecule has 0 saturated carbocycles. The number of unbranched alkanes of at least 4 members (excludes halogenated alkanes) is 4. The fraction of sp³-hybridized carbons (Fsp3) is 0.714. The molecule has 0 aliphatic carbocycles. The highest BCUT2D eigenvalue weighted by molar-refractivity contribution is 7.16. The second kappa shape index (κ2) is 8.96. The Kier molecular flexibility index (Phi) is 7.91. The Hall–Kier alpha value is -0.0500. The number of halogens is 1. The minimum Gasteiger partial charge on any atom is -0.309 e. The highest BCUT2D eigenvalue weighted by atomic mass is 35.5. The third kappa shape index (κ3) is 7.07. The summed E-state index contributed by atoms with van der Waals surface area (Å²) in [6, 6.07) is 4.68. The summed E-state index contributed by atoms with van der Waals surface area (Å²) < 4.78 is 0.883. The van der Waals surface area contributed by atoms with Gasteiger partial charge in [-0.15, -0.1) is 11.3 Å². The highest BCUT2D eigenvalue weighted by Gasteiger charge is 2.03. The van der Waals surface area contributed by atoms with Gasteiger partial charge in [-0.1, -0.05) is 50.6 Å². The molecule has 1 heterocycles. The van der Waals surface area contributed by atoms with E-state index in [9.17, 15) is 0 Å². The zero-order chi connectivity index (χ0) is 12.5. The summed E-state index contributed by atoms with van der Waals surface area (Å²) >= 11 is 7.57. The normalized spacial score (nSPS) is 12.9. The third-order valence-electron chi connectivity index (χ3n) is 2.99. The van der Waals surface area contributed by atoms with E-state index in [4.69, 9.17) is 11.6 Å². The van der Waals surface area contributed by atoms with Gasteiger partial charge in [-0.05, 0) is 25.5 Å². The molecule has 0 aliphatic rings. The van der Waals surface area contributed by atoms with Crippen LogP contribution in [0.4, 0.5) is 0 Å². The Balaban J connectivity index is 2.03. The average molecular weight is 274 g/mol. The van der Waals surface area contributed by atoms with Gasteiger partial charge in [-0.2, -0.15) is 0 Å². The maximum Gasteiger partial charge on any atom is 0.0931 e. The molecule has 1 aromatic rings. The summed E-state index contributed by atoms with van der Waals surface area (Å²) in [6.07, 6.45) is 8.11. The van der Waals surface area contributed by atoms with E-state index in [0.717, 1.165) is 10.9 Å². The lowest BCUT2D eigenvalue weighted by molar-refractivity contribution is 0.481. The van der Waals surface area contributed by atoms with Crippen LogP contribution in [0.5, 0.6) is 0 Å². The van der Waals surface area contributed by atoms with Crippen LogP contribution in [-0.2, 0) is 6.54 Å². The van der Waals surface area contributed by atoms with Crippen molar-refractivity contribution in [2.24, 2.45) is 0 Å². The lowest BCUT2D eigenvalue weighted by atomic mass is 10.1. The Bertz CT molecular complexity index is 298. The first-order chi connectivity index (χ1) is 8.22. The zero-order valence-corrected chi connectivity index (χ0v) is 12.5. The molecule has 98 valence electrons. The van der Waals surface area contributed by atoms with Gasteiger partial charge in [0.25, 0.3) is 0 Å². The van der Waals surface area contributed by atoms with Crippen LogP contribution in [0.1, 0.15) is 57.2 Å². The summed E-state index contributed by atoms with van der Waals surface area (Å²) in [5.74, 6) is 0. The van der Waals surface area contributed by atoms with E-state index in [1.165, 1.54) is 43.4 Å².